The van der Waals surface area contributed by atoms with Gasteiger partial charge in [-0.25, -0.2) is 0 Å². The van der Waals surface area contributed by atoms with Gasteiger partial charge in [-0.2, -0.15) is 0 Å². The molecule has 1 fully saturated rings. The van der Waals surface area contributed by atoms with Crippen LogP contribution < -0.4 is 4.90 Å². The molecule has 0 aromatic heterocycles. The van der Waals surface area contributed by atoms with Gasteiger partial charge in [-0.05, 0) is 42.4 Å². The largest absolute Gasteiger partial charge is 0.512 e. The Morgan fingerprint density at radius 1 is 0.875 bits per heavy atom. The molecule has 3 rings (SSSR count). The van der Waals surface area contributed by atoms with Crippen LogP contribution in [0.2, 0.25) is 0 Å². The van der Waals surface area contributed by atoms with E-state index < -0.39 is 11.8 Å². The summed E-state index contributed by atoms with van der Waals surface area (Å²) < 4.78 is 0. The van der Waals surface area contributed by atoms with Crippen molar-refractivity contribution in [1.82, 2.24) is 0 Å². The van der Waals surface area contributed by atoms with Gasteiger partial charge in [-0.15, -0.1) is 0 Å². The van der Waals surface area contributed by atoms with E-state index in [1.54, 1.807) is 0 Å². The minimum atomic E-state index is -0.926. The topological polar surface area (TPSA) is 74.7 Å². The van der Waals surface area contributed by atoms with Gasteiger partial charge in [0, 0.05) is 56.0 Å². The lowest BCUT2D eigenvalue weighted by Gasteiger charge is -2.39. The third-order valence-electron chi connectivity index (χ3n) is 6.92. The van der Waals surface area contributed by atoms with Gasteiger partial charge in [0.05, 0.1) is 5.92 Å². The molecule has 1 N–H and O–H groups in total. The van der Waals surface area contributed by atoms with Gasteiger partial charge in [-0.1, -0.05) is 39.8 Å². The number of hydrogen-bond acceptors (Lipinski definition) is 5. The molecule has 1 aromatic rings. The molecule has 0 amide bonds. The molecule has 2 aliphatic rings. The summed E-state index contributed by atoms with van der Waals surface area (Å²) in [6, 6.07) is 7.77. The predicted molar refractivity (Wildman–Crippen MR) is 127 cm³/mol. The molecule has 0 saturated heterocycles. The summed E-state index contributed by atoms with van der Waals surface area (Å²) in [4.78, 5) is 41.9. The maximum absolute atomic E-state index is 13.2. The summed E-state index contributed by atoms with van der Waals surface area (Å²) in [5.74, 6) is -2.08. The van der Waals surface area contributed by atoms with Crippen molar-refractivity contribution in [2.45, 2.75) is 73.1 Å². The number of carbonyl (C=O) groups is 3. The summed E-state index contributed by atoms with van der Waals surface area (Å²) in [7, 11) is 0. The molecule has 0 heterocycles. The number of ketones is 3. The van der Waals surface area contributed by atoms with E-state index >= 15 is 0 Å². The van der Waals surface area contributed by atoms with Gasteiger partial charge < -0.3 is 10.0 Å². The molecule has 1 unspecified atom stereocenters. The fourth-order valence-electron chi connectivity index (χ4n) is 5.44. The molecule has 5 heteroatoms. The van der Waals surface area contributed by atoms with Crippen LogP contribution in [0.25, 0.3) is 0 Å². The Labute approximate surface area is 191 Å². The van der Waals surface area contributed by atoms with Crippen LogP contribution in [0.5, 0.6) is 0 Å². The Hall–Kier alpha value is -2.43. The monoisotopic (exact) mass is 439 g/mol. The zero-order valence-corrected chi connectivity index (χ0v) is 20.3. The van der Waals surface area contributed by atoms with Crippen molar-refractivity contribution < 1.29 is 19.5 Å². The molecule has 0 radical (unpaired) electrons. The van der Waals surface area contributed by atoms with Gasteiger partial charge >= 0.3 is 0 Å². The number of hydrogen-bond donors (Lipinski definition) is 1. The van der Waals surface area contributed by atoms with Gasteiger partial charge in [0.1, 0.15) is 17.3 Å². The van der Waals surface area contributed by atoms with Gasteiger partial charge in [0.25, 0.3) is 0 Å². The Balaban J connectivity index is 2.12. The van der Waals surface area contributed by atoms with Crippen LogP contribution in [0.3, 0.4) is 0 Å². The highest BCUT2D eigenvalue weighted by Gasteiger charge is 2.48. The fraction of sp³-hybridized carbons (Fsp3) is 0.593. The first kappa shape index (κ1) is 24.2. The highest BCUT2D eigenvalue weighted by atomic mass is 16.3. The zero-order valence-electron chi connectivity index (χ0n) is 20.3. The molecule has 0 spiro atoms. The number of carbonyl (C=O) groups excluding carboxylic acids is 3. The lowest BCUT2D eigenvalue weighted by Crippen LogP contribution is -2.43. The quantitative estimate of drug-likeness (QED) is 0.601. The zero-order chi connectivity index (χ0) is 23.8. The van der Waals surface area contributed by atoms with Crippen LogP contribution >= 0.6 is 0 Å². The van der Waals surface area contributed by atoms with E-state index in [0.717, 1.165) is 24.3 Å². The lowest BCUT2D eigenvalue weighted by molar-refractivity contribution is -0.140. The fourth-order valence-corrected chi connectivity index (χ4v) is 5.44. The molecule has 2 aliphatic carbocycles. The minimum Gasteiger partial charge on any atom is -0.512 e. The molecule has 1 aromatic carbocycles. The first-order valence-electron chi connectivity index (χ1n) is 11.7. The molecule has 1 atom stereocenters. The summed E-state index contributed by atoms with van der Waals surface area (Å²) in [6.45, 7) is 13.7. The summed E-state index contributed by atoms with van der Waals surface area (Å²) in [5.41, 5.74) is 1.32. The lowest BCUT2D eigenvalue weighted by atomic mass is 9.62. The number of allylic oxidation sites excluding steroid dienone is 2. The van der Waals surface area contributed by atoms with Crippen LogP contribution in [0.1, 0.15) is 78.7 Å². The van der Waals surface area contributed by atoms with E-state index in [1.807, 2.05) is 52.0 Å². The highest BCUT2D eigenvalue weighted by Crippen LogP contribution is 2.47. The van der Waals surface area contributed by atoms with Crippen molar-refractivity contribution in [3.05, 3.63) is 41.2 Å². The first-order valence-corrected chi connectivity index (χ1v) is 11.7. The molecule has 0 aliphatic heterocycles. The summed E-state index contributed by atoms with van der Waals surface area (Å²) in [5, 5.41) is 11.0. The standard InChI is InChI=1S/C27H37NO4/c1-7-28(8-2)18-11-9-17(10-12-18)23(24-19(29)13-26(3,4)14-20(24)30)25-21(31)15-27(5,6)16-22(25)32/h9-12,23-24,31H,7-8,13-16H2,1-6H3. The molecule has 32 heavy (non-hydrogen) atoms. The van der Waals surface area contributed by atoms with Crippen LogP contribution in [0.15, 0.2) is 35.6 Å². The molecule has 174 valence electrons. The summed E-state index contributed by atoms with van der Waals surface area (Å²) in [6.07, 6.45) is 1.25. The Morgan fingerprint density at radius 3 is 1.84 bits per heavy atom. The van der Waals surface area contributed by atoms with E-state index in [0.29, 0.717) is 25.7 Å². The number of benzene rings is 1. The van der Waals surface area contributed by atoms with Crippen LogP contribution in [0.4, 0.5) is 5.69 Å². The number of aliphatic hydroxyl groups excluding tert-OH is 1. The van der Waals surface area contributed by atoms with Crippen molar-refractivity contribution in [1.29, 1.82) is 0 Å². The number of nitrogens with zero attached hydrogens (tertiary/aromatic N) is 1. The van der Waals surface area contributed by atoms with E-state index in [-0.39, 0.29) is 39.5 Å². The maximum atomic E-state index is 13.2. The molecular weight excluding hydrogens is 402 g/mol. The van der Waals surface area contributed by atoms with Gasteiger partial charge in [0.15, 0.2) is 5.78 Å². The number of Topliss-reactive ketones (excluding diaryl/α,β-unsaturated/α-hetero) is 3. The van der Waals surface area contributed by atoms with Crippen LogP contribution in [-0.2, 0) is 14.4 Å². The Kier molecular flexibility index (Phi) is 6.69. The second kappa shape index (κ2) is 8.84. The van der Waals surface area contributed by atoms with Gasteiger partial charge in [-0.3, -0.25) is 14.4 Å². The summed E-state index contributed by atoms with van der Waals surface area (Å²) >= 11 is 0. The average molecular weight is 440 g/mol. The van der Waals surface area contributed by atoms with Crippen molar-refractivity contribution >= 4 is 23.0 Å². The number of aliphatic hydroxyl groups is 1. The molecule has 0 bridgehead atoms. The van der Waals surface area contributed by atoms with Crippen molar-refractivity contribution in [2.24, 2.45) is 16.7 Å². The Morgan fingerprint density at radius 2 is 1.38 bits per heavy atom. The number of rotatable bonds is 6. The smallest absolute Gasteiger partial charge is 0.163 e. The van der Waals surface area contributed by atoms with E-state index in [2.05, 4.69) is 18.7 Å². The maximum Gasteiger partial charge on any atom is 0.163 e. The Bertz CT molecular complexity index is 915. The second-order valence-electron chi connectivity index (χ2n) is 11.0. The SMILES string of the molecule is CCN(CC)c1ccc(C(C2=C(O)CC(C)(C)CC2=O)C2C(=O)CC(C)(C)CC2=O)cc1. The van der Waals surface area contributed by atoms with E-state index in [4.69, 9.17) is 0 Å². The van der Waals surface area contributed by atoms with Crippen molar-refractivity contribution in [3.8, 4) is 0 Å². The molecular formula is C27H37NO4. The van der Waals surface area contributed by atoms with Crippen molar-refractivity contribution in [2.75, 3.05) is 18.0 Å². The second-order valence-corrected chi connectivity index (χ2v) is 11.0. The first-order chi connectivity index (χ1) is 14.9. The molecule has 5 nitrogen and oxygen atoms in total. The van der Waals surface area contributed by atoms with Crippen molar-refractivity contribution in [3.63, 3.8) is 0 Å². The van der Waals surface area contributed by atoms with Crippen LogP contribution in [-0.4, -0.2) is 35.5 Å². The van der Waals surface area contributed by atoms with Crippen LogP contribution in [0, 0.1) is 16.7 Å². The van der Waals surface area contributed by atoms with Gasteiger partial charge in [0.2, 0.25) is 0 Å². The van der Waals surface area contributed by atoms with E-state index in [1.165, 1.54) is 0 Å². The third kappa shape index (κ3) is 4.82. The molecule has 1 saturated carbocycles. The van der Waals surface area contributed by atoms with E-state index in [9.17, 15) is 19.5 Å². The number of anilines is 1. The minimum absolute atomic E-state index is 0.0227. The predicted octanol–water partition coefficient (Wildman–Crippen LogP) is 5.39. The normalized spacial score (nSPS) is 22.2. The highest BCUT2D eigenvalue weighted by molar-refractivity contribution is 6.09. The third-order valence-corrected chi connectivity index (χ3v) is 6.92. The average Bonchev–Trinajstić information content (AvgIpc) is 2.65.